The first-order valence-electron chi connectivity index (χ1n) is 8.06. The van der Waals surface area contributed by atoms with E-state index in [-0.39, 0.29) is 0 Å². The lowest BCUT2D eigenvalue weighted by molar-refractivity contribution is 0.148. The van der Waals surface area contributed by atoms with Gasteiger partial charge >= 0.3 is 0 Å². The normalized spacial score (nSPS) is 12.1. The summed E-state index contributed by atoms with van der Waals surface area (Å²) in [5, 5.41) is 10.3. The third-order valence-electron chi connectivity index (χ3n) is 3.52. The topological polar surface area (TPSA) is 32.7 Å². The van der Waals surface area contributed by atoms with Crippen molar-refractivity contribution in [3.8, 4) is 5.75 Å². The number of hydrogen-bond acceptors (Lipinski definition) is 3. The Hall–Kier alpha value is -1.58. The lowest BCUT2D eigenvalue weighted by atomic mass is 10.1. The average Bonchev–Trinajstić information content (AvgIpc) is 2.53. The van der Waals surface area contributed by atoms with E-state index in [0.29, 0.717) is 6.42 Å². The quantitative estimate of drug-likeness (QED) is 0.468. The molecule has 0 radical (unpaired) electrons. The average molecular weight is 303 g/mol. The second-order valence-electron chi connectivity index (χ2n) is 5.41. The minimum atomic E-state index is -0.457. The summed E-state index contributed by atoms with van der Waals surface area (Å²) in [5.74, 6) is 0.865. The van der Waals surface area contributed by atoms with Crippen LogP contribution in [-0.2, 0) is 0 Å². The van der Waals surface area contributed by atoms with Gasteiger partial charge < -0.3 is 9.84 Å². The number of hydrogen-bond donors (Lipinski definition) is 1. The molecule has 0 saturated heterocycles. The molecule has 3 heteroatoms. The van der Waals surface area contributed by atoms with E-state index in [1.165, 1.54) is 0 Å². The van der Waals surface area contributed by atoms with Crippen molar-refractivity contribution in [2.45, 2.75) is 32.3 Å². The van der Waals surface area contributed by atoms with E-state index in [2.05, 4.69) is 25.0 Å². The summed E-state index contributed by atoms with van der Waals surface area (Å²) in [4.78, 5) is 2.20. The van der Waals surface area contributed by atoms with Crippen LogP contribution in [-0.4, -0.2) is 36.2 Å². The number of ether oxygens (including phenoxy) is 1. The van der Waals surface area contributed by atoms with E-state index >= 15 is 0 Å². The number of rotatable bonds is 12. The molecule has 0 fully saturated rings. The Kier molecular flexibility index (Phi) is 9.28. The van der Waals surface area contributed by atoms with E-state index in [4.69, 9.17) is 4.74 Å². The molecule has 0 saturated carbocycles. The largest absolute Gasteiger partial charge is 0.494 e. The predicted octanol–water partition coefficient (Wildman–Crippen LogP) is 3.96. The Morgan fingerprint density at radius 1 is 1.18 bits per heavy atom. The van der Waals surface area contributed by atoms with Crippen molar-refractivity contribution in [1.29, 1.82) is 0 Å². The molecular formula is C19H29NO2. The first kappa shape index (κ1) is 18.5. The maximum Gasteiger partial charge on any atom is 0.119 e. The molecule has 0 aromatic heterocycles. The van der Waals surface area contributed by atoms with Crippen LogP contribution in [0.15, 0.2) is 49.6 Å². The monoisotopic (exact) mass is 303 g/mol. The number of benzene rings is 1. The van der Waals surface area contributed by atoms with Gasteiger partial charge in [0.25, 0.3) is 0 Å². The second-order valence-corrected chi connectivity index (χ2v) is 5.41. The summed E-state index contributed by atoms with van der Waals surface area (Å²) in [6.07, 6.45) is 6.17. The molecule has 22 heavy (non-hydrogen) atoms. The first-order valence-corrected chi connectivity index (χ1v) is 8.06. The molecule has 0 heterocycles. The van der Waals surface area contributed by atoms with Gasteiger partial charge in [-0.3, -0.25) is 4.90 Å². The standard InChI is InChI=1S/C19H29NO2/c1-4-7-16-22-18-10-8-17(9-11-18)19(21)12-15-20(13-5-2)14-6-3/h5-6,8-11,19,21H,2-4,7,12-16H2,1H3. The van der Waals surface area contributed by atoms with Gasteiger partial charge in [-0.05, 0) is 30.5 Å². The maximum absolute atomic E-state index is 10.3. The Balaban J connectivity index is 2.45. The van der Waals surface area contributed by atoms with Crippen LogP contribution in [0.5, 0.6) is 5.75 Å². The Labute approximate surface area is 134 Å². The number of nitrogens with zero attached hydrogens (tertiary/aromatic N) is 1. The number of unbranched alkanes of at least 4 members (excludes halogenated alkanes) is 1. The first-order chi connectivity index (χ1) is 10.7. The van der Waals surface area contributed by atoms with E-state index < -0.39 is 6.10 Å². The third-order valence-corrected chi connectivity index (χ3v) is 3.52. The summed E-state index contributed by atoms with van der Waals surface area (Å²) in [6.45, 7) is 12.8. The summed E-state index contributed by atoms with van der Waals surface area (Å²) < 4.78 is 5.63. The van der Waals surface area contributed by atoms with Gasteiger partial charge in [0, 0.05) is 19.6 Å². The lowest BCUT2D eigenvalue weighted by Gasteiger charge is -2.20. The highest BCUT2D eigenvalue weighted by atomic mass is 16.5. The fraction of sp³-hybridized carbons (Fsp3) is 0.474. The molecule has 1 atom stereocenters. The zero-order chi connectivity index (χ0) is 16.2. The van der Waals surface area contributed by atoms with Crippen LogP contribution < -0.4 is 4.74 Å². The fourth-order valence-corrected chi connectivity index (χ4v) is 2.21. The molecule has 1 N–H and O–H groups in total. The summed E-state index contributed by atoms with van der Waals surface area (Å²) >= 11 is 0. The molecule has 0 amide bonds. The molecule has 3 nitrogen and oxygen atoms in total. The van der Waals surface area contributed by atoms with Gasteiger partial charge in [-0.25, -0.2) is 0 Å². The van der Waals surface area contributed by atoms with Crippen molar-refractivity contribution in [2.24, 2.45) is 0 Å². The van der Waals surface area contributed by atoms with Gasteiger partial charge in [-0.2, -0.15) is 0 Å². The van der Waals surface area contributed by atoms with E-state index in [0.717, 1.165) is 50.4 Å². The highest BCUT2D eigenvalue weighted by molar-refractivity contribution is 5.28. The Bertz CT molecular complexity index is 418. The van der Waals surface area contributed by atoms with Crippen LogP contribution in [0.3, 0.4) is 0 Å². The molecule has 1 aromatic carbocycles. The molecule has 0 bridgehead atoms. The van der Waals surface area contributed by atoms with Gasteiger partial charge in [-0.1, -0.05) is 37.6 Å². The molecule has 0 aliphatic heterocycles. The molecule has 0 aliphatic carbocycles. The predicted molar refractivity (Wildman–Crippen MR) is 93.3 cm³/mol. The minimum Gasteiger partial charge on any atom is -0.494 e. The minimum absolute atomic E-state index is 0.457. The zero-order valence-corrected chi connectivity index (χ0v) is 13.7. The third kappa shape index (κ3) is 6.92. The van der Waals surface area contributed by atoms with Crippen LogP contribution >= 0.6 is 0 Å². The van der Waals surface area contributed by atoms with Crippen molar-refractivity contribution in [1.82, 2.24) is 4.90 Å². The van der Waals surface area contributed by atoms with Crippen molar-refractivity contribution in [2.75, 3.05) is 26.2 Å². The lowest BCUT2D eigenvalue weighted by Crippen LogP contribution is -2.26. The van der Waals surface area contributed by atoms with Crippen LogP contribution in [0.2, 0.25) is 0 Å². The van der Waals surface area contributed by atoms with Crippen LogP contribution in [0.25, 0.3) is 0 Å². The van der Waals surface area contributed by atoms with Gasteiger partial charge in [-0.15, -0.1) is 13.2 Å². The van der Waals surface area contributed by atoms with Gasteiger partial charge in [0.15, 0.2) is 0 Å². The Morgan fingerprint density at radius 2 is 1.82 bits per heavy atom. The van der Waals surface area contributed by atoms with Gasteiger partial charge in [0.1, 0.15) is 5.75 Å². The molecule has 1 unspecified atom stereocenters. The molecule has 1 rings (SSSR count). The van der Waals surface area contributed by atoms with Gasteiger partial charge in [0.05, 0.1) is 12.7 Å². The second kappa shape index (κ2) is 11.0. The molecule has 0 aliphatic rings. The molecular weight excluding hydrogens is 274 g/mol. The molecule has 0 spiro atoms. The fourth-order valence-electron chi connectivity index (χ4n) is 2.21. The van der Waals surface area contributed by atoms with E-state index in [1.54, 1.807) is 0 Å². The molecule has 122 valence electrons. The van der Waals surface area contributed by atoms with Crippen LogP contribution in [0.1, 0.15) is 37.9 Å². The zero-order valence-electron chi connectivity index (χ0n) is 13.7. The maximum atomic E-state index is 10.3. The van der Waals surface area contributed by atoms with Crippen LogP contribution in [0, 0.1) is 0 Å². The smallest absolute Gasteiger partial charge is 0.119 e. The van der Waals surface area contributed by atoms with Crippen LogP contribution in [0.4, 0.5) is 0 Å². The van der Waals surface area contributed by atoms with E-state index in [9.17, 15) is 5.11 Å². The SMILES string of the molecule is C=CCN(CC=C)CCC(O)c1ccc(OCCCC)cc1. The summed E-state index contributed by atoms with van der Waals surface area (Å²) in [5.41, 5.74) is 0.931. The Morgan fingerprint density at radius 3 is 2.36 bits per heavy atom. The van der Waals surface area contributed by atoms with Crippen molar-refractivity contribution >= 4 is 0 Å². The van der Waals surface area contributed by atoms with Crippen molar-refractivity contribution in [3.63, 3.8) is 0 Å². The molecule has 1 aromatic rings. The van der Waals surface area contributed by atoms with E-state index in [1.807, 2.05) is 36.4 Å². The van der Waals surface area contributed by atoms with Crippen molar-refractivity contribution in [3.05, 3.63) is 55.1 Å². The summed E-state index contributed by atoms with van der Waals surface area (Å²) in [6, 6.07) is 7.74. The number of aliphatic hydroxyl groups is 1. The summed E-state index contributed by atoms with van der Waals surface area (Å²) in [7, 11) is 0. The highest BCUT2D eigenvalue weighted by Gasteiger charge is 2.10. The van der Waals surface area contributed by atoms with Gasteiger partial charge in [0.2, 0.25) is 0 Å². The van der Waals surface area contributed by atoms with Crippen molar-refractivity contribution < 1.29 is 9.84 Å². The number of aliphatic hydroxyl groups excluding tert-OH is 1. The highest BCUT2D eigenvalue weighted by Crippen LogP contribution is 2.20.